The van der Waals surface area contributed by atoms with E-state index in [2.05, 4.69) is 25.7 Å². The molecular formula is C20H28N6O. The van der Waals surface area contributed by atoms with Crippen molar-refractivity contribution in [3.8, 4) is 5.69 Å². The van der Waals surface area contributed by atoms with Gasteiger partial charge in [-0.1, -0.05) is 31.7 Å². The highest BCUT2D eigenvalue weighted by atomic mass is 16.1. The van der Waals surface area contributed by atoms with Crippen LogP contribution in [0, 0.1) is 0 Å². The third-order valence-corrected chi connectivity index (χ3v) is 6.11. The topological polar surface area (TPSA) is 75.9 Å². The molecule has 144 valence electrons. The number of piperidine rings is 1. The second-order valence-electron chi connectivity index (χ2n) is 7.82. The Kier molecular flexibility index (Phi) is 5.48. The first kappa shape index (κ1) is 18.1. The molecular weight excluding hydrogens is 340 g/mol. The highest BCUT2D eigenvalue weighted by molar-refractivity contribution is 5.94. The van der Waals surface area contributed by atoms with Crippen LogP contribution in [0.4, 0.5) is 0 Å². The summed E-state index contributed by atoms with van der Waals surface area (Å²) >= 11 is 0. The molecule has 0 unspecified atom stereocenters. The number of nitrogens with zero attached hydrogens (tertiary/aromatic N) is 5. The van der Waals surface area contributed by atoms with E-state index in [1.165, 1.54) is 70.8 Å². The van der Waals surface area contributed by atoms with Gasteiger partial charge in [0.05, 0.1) is 5.69 Å². The second kappa shape index (κ2) is 8.17. The van der Waals surface area contributed by atoms with Crippen molar-refractivity contribution in [2.75, 3.05) is 19.6 Å². The SMILES string of the molecule is O=C(NCC1(N2CCCCC2)CCCCC1)c1cccc(-n2cnnn2)c1. The van der Waals surface area contributed by atoms with Gasteiger partial charge in [-0.3, -0.25) is 9.69 Å². The molecule has 2 heterocycles. The molecule has 1 amide bonds. The summed E-state index contributed by atoms with van der Waals surface area (Å²) in [5.41, 5.74) is 1.57. The molecule has 0 radical (unpaired) electrons. The van der Waals surface area contributed by atoms with Crippen LogP contribution in [0.25, 0.3) is 5.69 Å². The summed E-state index contributed by atoms with van der Waals surface area (Å²) in [7, 11) is 0. The van der Waals surface area contributed by atoms with Crippen LogP contribution in [0.1, 0.15) is 61.7 Å². The molecule has 0 atom stereocenters. The first-order chi connectivity index (χ1) is 13.3. The number of nitrogens with one attached hydrogen (secondary N) is 1. The fourth-order valence-corrected chi connectivity index (χ4v) is 4.60. The van der Waals surface area contributed by atoms with Gasteiger partial charge >= 0.3 is 0 Å². The number of hydrogen-bond donors (Lipinski definition) is 1. The Morgan fingerprint density at radius 2 is 1.85 bits per heavy atom. The lowest BCUT2D eigenvalue weighted by Crippen LogP contribution is -2.58. The molecule has 0 spiro atoms. The van der Waals surface area contributed by atoms with Gasteiger partial charge in [0, 0.05) is 17.6 Å². The zero-order valence-electron chi connectivity index (χ0n) is 15.8. The average Bonchev–Trinajstić information content (AvgIpc) is 3.28. The lowest BCUT2D eigenvalue weighted by molar-refractivity contribution is 0.0326. The van der Waals surface area contributed by atoms with Crippen LogP contribution in [-0.4, -0.2) is 56.2 Å². The van der Waals surface area contributed by atoms with Gasteiger partial charge in [0.15, 0.2) is 0 Å². The Bertz CT molecular complexity index is 748. The third-order valence-electron chi connectivity index (χ3n) is 6.11. The summed E-state index contributed by atoms with van der Waals surface area (Å²) in [5, 5.41) is 14.4. The highest BCUT2D eigenvalue weighted by Gasteiger charge is 2.38. The number of amides is 1. The van der Waals surface area contributed by atoms with Crippen molar-refractivity contribution < 1.29 is 4.79 Å². The van der Waals surface area contributed by atoms with Crippen molar-refractivity contribution in [3.05, 3.63) is 36.2 Å². The molecule has 1 N–H and O–H groups in total. The first-order valence-electron chi connectivity index (χ1n) is 10.1. The fraction of sp³-hybridized carbons (Fsp3) is 0.600. The maximum absolute atomic E-state index is 12.8. The monoisotopic (exact) mass is 368 g/mol. The van der Waals surface area contributed by atoms with Gasteiger partial charge in [0.25, 0.3) is 5.91 Å². The molecule has 1 aliphatic heterocycles. The Hall–Kier alpha value is -2.28. The van der Waals surface area contributed by atoms with E-state index in [9.17, 15) is 4.79 Å². The Morgan fingerprint density at radius 3 is 2.59 bits per heavy atom. The summed E-state index contributed by atoms with van der Waals surface area (Å²) in [4.78, 5) is 15.5. The predicted octanol–water partition coefficient (Wildman–Crippen LogP) is 2.58. The van der Waals surface area contributed by atoms with Crippen molar-refractivity contribution in [2.45, 2.75) is 56.9 Å². The van der Waals surface area contributed by atoms with Crippen LogP contribution in [0.5, 0.6) is 0 Å². The van der Waals surface area contributed by atoms with Crippen molar-refractivity contribution >= 4 is 5.91 Å². The molecule has 27 heavy (non-hydrogen) atoms. The number of hydrogen-bond acceptors (Lipinski definition) is 5. The standard InChI is InChI=1S/C20H28N6O/c27-19(17-8-7-9-18(14-17)26-16-22-23-24-26)21-15-20(10-3-1-4-11-20)25-12-5-2-6-13-25/h7-9,14,16H,1-6,10-13,15H2,(H,21,27). The van der Waals surface area contributed by atoms with Gasteiger partial charge < -0.3 is 5.32 Å². The molecule has 4 rings (SSSR count). The smallest absolute Gasteiger partial charge is 0.251 e. The Morgan fingerprint density at radius 1 is 1.07 bits per heavy atom. The van der Waals surface area contributed by atoms with Crippen LogP contribution in [0.15, 0.2) is 30.6 Å². The van der Waals surface area contributed by atoms with Crippen LogP contribution < -0.4 is 5.32 Å². The van der Waals surface area contributed by atoms with Crippen molar-refractivity contribution in [1.29, 1.82) is 0 Å². The number of rotatable bonds is 5. The van der Waals surface area contributed by atoms with Gasteiger partial charge in [-0.25, -0.2) is 4.68 Å². The summed E-state index contributed by atoms with van der Waals surface area (Å²) in [6.07, 6.45) is 11.7. The summed E-state index contributed by atoms with van der Waals surface area (Å²) in [6.45, 7) is 3.08. The van der Waals surface area contributed by atoms with E-state index in [0.717, 1.165) is 12.2 Å². The summed E-state index contributed by atoms with van der Waals surface area (Å²) < 4.78 is 1.56. The zero-order valence-corrected chi connectivity index (χ0v) is 15.8. The molecule has 1 aliphatic carbocycles. The van der Waals surface area contributed by atoms with E-state index in [1.54, 1.807) is 4.68 Å². The number of tetrazole rings is 1. The molecule has 0 bridgehead atoms. The van der Waals surface area contributed by atoms with Crippen LogP contribution >= 0.6 is 0 Å². The van der Waals surface area contributed by atoms with Crippen molar-refractivity contribution in [3.63, 3.8) is 0 Å². The molecule has 2 aliphatic rings. The number of carbonyl (C=O) groups excluding carboxylic acids is 1. The van der Waals surface area contributed by atoms with Gasteiger partial charge in [0.2, 0.25) is 0 Å². The fourth-order valence-electron chi connectivity index (χ4n) is 4.60. The van der Waals surface area contributed by atoms with E-state index in [-0.39, 0.29) is 11.4 Å². The largest absolute Gasteiger partial charge is 0.350 e. The third kappa shape index (κ3) is 4.03. The average molecular weight is 368 g/mol. The Balaban J connectivity index is 1.46. The summed E-state index contributed by atoms with van der Waals surface area (Å²) in [5.74, 6) is -0.0214. The van der Waals surface area contributed by atoms with E-state index >= 15 is 0 Å². The minimum atomic E-state index is -0.0214. The number of carbonyl (C=O) groups is 1. The number of benzene rings is 1. The minimum absolute atomic E-state index is 0.0214. The van der Waals surface area contributed by atoms with E-state index < -0.39 is 0 Å². The predicted molar refractivity (Wildman–Crippen MR) is 103 cm³/mol. The quantitative estimate of drug-likeness (QED) is 0.878. The zero-order chi connectivity index (χ0) is 18.5. The molecule has 1 saturated carbocycles. The maximum Gasteiger partial charge on any atom is 0.251 e. The molecule has 7 heteroatoms. The molecule has 2 fully saturated rings. The van der Waals surface area contributed by atoms with Crippen LogP contribution in [0.2, 0.25) is 0 Å². The number of likely N-dealkylation sites (tertiary alicyclic amines) is 1. The van der Waals surface area contributed by atoms with E-state index in [0.29, 0.717) is 5.56 Å². The molecule has 1 aromatic heterocycles. The Labute approximate surface area is 160 Å². The maximum atomic E-state index is 12.8. The van der Waals surface area contributed by atoms with Gasteiger partial charge in [0.1, 0.15) is 6.33 Å². The molecule has 1 saturated heterocycles. The molecule has 7 nitrogen and oxygen atoms in total. The van der Waals surface area contributed by atoms with Crippen LogP contribution in [-0.2, 0) is 0 Å². The van der Waals surface area contributed by atoms with Crippen molar-refractivity contribution in [2.24, 2.45) is 0 Å². The first-order valence-corrected chi connectivity index (χ1v) is 10.1. The minimum Gasteiger partial charge on any atom is -0.350 e. The van der Waals surface area contributed by atoms with Gasteiger partial charge in [-0.05, 0) is 67.4 Å². The lowest BCUT2D eigenvalue weighted by atomic mass is 9.79. The molecule has 2 aromatic rings. The van der Waals surface area contributed by atoms with Crippen LogP contribution in [0.3, 0.4) is 0 Å². The highest BCUT2D eigenvalue weighted by Crippen LogP contribution is 2.35. The normalized spacial score (nSPS) is 20.3. The molecule has 1 aromatic carbocycles. The van der Waals surface area contributed by atoms with E-state index in [4.69, 9.17) is 0 Å². The lowest BCUT2D eigenvalue weighted by Gasteiger charge is -2.48. The van der Waals surface area contributed by atoms with Crippen molar-refractivity contribution in [1.82, 2.24) is 30.4 Å². The summed E-state index contributed by atoms with van der Waals surface area (Å²) in [6, 6.07) is 7.44. The second-order valence-corrected chi connectivity index (χ2v) is 7.82. The number of aromatic nitrogens is 4. The van der Waals surface area contributed by atoms with Gasteiger partial charge in [-0.2, -0.15) is 0 Å². The van der Waals surface area contributed by atoms with E-state index in [1.807, 2.05) is 24.3 Å². The van der Waals surface area contributed by atoms with Gasteiger partial charge in [-0.15, -0.1) is 5.10 Å².